The standard InChI is InChI=1S/C24H25N3O6/c1-24(2,3)21-6-13-5-16(14-9-25-26(10-14)12-22(29)30)20(33-4)7-15(13)18-8-19(28)17(23(31)32)11-27(18)21/h5,7-11,21H,6,12H2,1-4H3,(H,29,30)(H,31,32). The average Bonchev–Trinajstić information content (AvgIpc) is 3.18. The number of pyridine rings is 1. The Morgan fingerprint density at radius 2 is 1.88 bits per heavy atom. The number of rotatable bonds is 5. The first-order valence-electron chi connectivity index (χ1n) is 10.4. The Labute approximate surface area is 189 Å². The van der Waals surface area contributed by atoms with E-state index >= 15 is 0 Å². The molecule has 0 radical (unpaired) electrons. The van der Waals surface area contributed by atoms with Gasteiger partial charge in [-0.05, 0) is 29.5 Å². The number of hydrogen-bond acceptors (Lipinski definition) is 5. The number of aromatic nitrogens is 3. The Hall–Kier alpha value is -3.88. The van der Waals surface area contributed by atoms with Crippen LogP contribution >= 0.6 is 0 Å². The summed E-state index contributed by atoms with van der Waals surface area (Å²) in [7, 11) is 1.54. The van der Waals surface area contributed by atoms with Crippen molar-refractivity contribution < 1.29 is 24.5 Å². The molecule has 1 aromatic carbocycles. The molecular formula is C24H25N3O6. The van der Waals surface area contributed by atoms with Gasteiger partial charge in [0.2, 0.25) is 0 Å². The quantitative estimate of drug-likeness (QED) is 0.610. The summed E-state index contributed by atoms with van der Waals surface area (Å²) in [4.78, 5) is 35.2. The SMILES string of the molecule is COc1cc2c(cc1-c1cnn(CC(=O)O)c1)CC(C(C)(C)C)n1cc(C(=O)O)c(=O)cc1-2. The second kappa shape index (κ2) is 7.91. The van der Waals surface area contributed by atoms with Crippen molar-refractivity contribution in [3.63, 3.8) is 0 Å². The third kappa shape index (κ3) is 4.02. The molecule has 3 aromatic rings. The van der Waals surface area contributed by atoms with Crippen LogP contribution in [0.2, 0.25) is 0 Å². The van der Waals surface area contributed by atoms with Crippen LogP contribution in [0.3, 0.4) is 0 Å². The van der Waals surface area contributed by atoms with E-state index in [2.05, 4.69) is 25.9 Å². The third-order valence-corrected chi connectivity index (χ3v) is 6.00. The number of methoxy groups -OCH3 is 1. The molecule has 0 aliphatic carbocycles. The molecule has 1 atom stereocenters. The van der Waals surface area contributed by atoms with E-state index in [0.717, 1.165) is 16.7 Å². The van der Waals surface area contributed by atoms with Crippen molar-refractivity contribution >= 4 is 11.9 Å². The minimum absolute atomic E-state index is 0.0883. The van der Waals surface area contributed by atoms with Crippen molar-refractivity contribution in [2.75, 3.05) is 7.11 Å². The van der Waals surface area contributed by atoms with Gasteiger partial charge in [0.1, 0.15) is 17.9 Å². The molecule has 2 aromatic heterocycles. The van der Waals surface area contributed by atoms with Crippen molar-refractivity contribution in [3.8, 4) is 28.1 Å². The number of aromatic carboxylic acids is 1. The van der Waals surface area contributed by atoms with E-state index in [-0.39, 0.29) is 23.6 Å². The summed E-state index contributed by atoms with van der Waals surface area (Å²) >= 11 is 0. The maximum Gasteiger partial charge on any atom is 0.341 e. The van der Waals surface area contributed by atoms with Crippen LogP contribution in [0.1, 0.15) is 42.7 Å². The summed E-state index contributed by atoms with van der Waals surface area (Å²) in [5, 5.41) is 22.6. The number of fused-ring (bicyclic) bond motifs is 3. The topological polar surface area (TPSA) is 124 Å². The highest BCUT2D eigenvalue weighted by atomic mass is 16.5. The highest BCUT2D eigenvalue weighted by molar-refractivity contribution is 5.88. The maximum absolute atomic E-state index is 12.5. The zero-order valence-corrected chi connectivity index (χ0v) is 18.8. The van der Waals surface area contributed by atoms with Crippen molar-refractivity contribution in [2.45, 2.75) is 39.8 Å². The van der Waals surface area contributed by atoms with Crippen LogP contribution in [0.15, 0.2) is 41.6 Å². The summed E-state index contributed by atoms with van der Waals surface area (Å²) in [5.41, 5.74) is 2.87. The van der Waals surface area contributed by atoms with E-state index in [9.17, 15) is 19.5 Å². The van der Waals surface area contributed by atoms with Crippen molar-refractivity contribution in [1.29, 1.82) is 0 Å². The molecule has 0 saturated heterocycles. The molecule has 172 valence electrons. The Morgan fingerprint density at radius 3 is 2.48 bits per heavy atom. The van der Waals surface area contributed by atoms with Crippen LogP contribution in [0.5, 0.6) is 5.75 Å². The number of carboxylic acids is 2. The van der Waals surface area contributed by atoms with Gasteiger partial charge in [-0.15, -0.1) is 0 Å². The number of nitrogens with zero attached hydrogens (tertiary/aromatic N) is 3. The van der Waals surface area contributed by atoms with E-state index in [0.29, 0.717) is 23.4 Å². The molecule has 0 saturated carbocycles. The first kappa shape index (κ1) is 22.3. The van der Waals surface area contributed by atoms with Gasteiger partial charge in [-0.1, -0.05) is 20.8 Å². The molecular weight excluding hydrogens is 426 g/mol. The van der Waals surface area contributed by atoms with E-state index in [1.807, 2.05) is 16.7 Å². The number of benzene rings is 1. The van der Waals surface area contributed by atoms with Crippen LogP contribution in [0.4, 0.5) is 0 Å². The molecule has 0 bridgehead atoms. The van der Waals surface area contributed by atoms with Crippen LogP contribution < -0.4 is 10.2 Å². The lowest BCUT2D eigenvalue weighted by atomic mass is 9.78. The summed E-state index contributed by atoms with van der Waals surface area (Å²) in [6.07, 6.45) is 5.30. The number of carboxylic acid groups (broad SMARTS) is 2. The zero-order chi connectivity index (χ0) is 24.1. The number of aliphatic carboxylic acids is 1. The number of hydrogen-bond donors (Lipinski definition) is 2. The van der Waals surface area contributed by atoms with Crippen LogP contribution in [-0.2, 0) is 17.8 Å². The zero-order valence-electron chi connectivity index (χ0n) is 18.8. The van der Waals surface area contributed by atoms with Gasteiger partial charge in [0, 0.05) is 41.2 Å². The molecule has 9 nitrogen and oxygen atoms in total. The van der Waals surface area contributed by atoms with Gasteiger partial charge in [-0.3, -0.25) is 14.3 Å². The van der Waals surface area contributed by atoms with E-state index < -0.39 is 17.4 Å². The summed E-state index contributed by atoms with van der Waals surface area (Å²) < 4.78 is 8.85. The summed E-state index contributed by atoms with van der Waals surface area (Å²) in [5.74, 6) is -1.70. The highest BCUT2D eigenvalue weighted by Gasteiger charge is 2.34. The second-order valence-corrected chi connectivity index (χ2v) is 9.26. The predicted molar refractivity (Wildman–Crippen MR) is 121 cm³/mol. The van der Waals surface area contributed by atoms with Crippen LogP contribution in [0.25, 0.3) is 22.4 Å². The first-order chi connectivity index (χ1) is 15.5. The monoisotopic (exact) mass is 451 g/mol. The fraction of sp³-hybridized carbons (Fsp3) is 0.333. The molecule has 0 fully saturated rings. The normalized spacial score (nSPS) is 15.0. The number of ether oxygens (including phenoxy) is 1. The van der Waals surface area contributed by atoms with Gasteiger partial charge < -0.3 is 19.5 Å². The van der Waals surface area contributed by atoms with Crippen molar-refractivity contribution in [2.24, 2.45) is 5.41 Å². The Morgan fingerprint density at radius 1 is 1.15 bits per heavy atom. The van der Waals surface area contributed by atoms with Crippen molar-refractivity contribution in [3.05, 3.63) is 58.1 Å². The molecule has 0 spiro atoms. The van der Waals surface area contributed by atoms with Gasteiger partial charge in [0.05, 0.1) is 19.0 Å². The van der Waals surface area contributed by atoms with Gasteiger partial charge in [0.25, 0.3) is 0 Å². The molecule has 0 amide bonds. The predicted octanol–water partition coefficient (Wildman–Crippen LogP) is 3.31. The minimum atomic E-state index is -1.25. The molecule has 33 heavy (non-hydrogen) atoms. The molecule has 1 aliphatic heterocycles. The molecule has 1 unspecified atom stereocenters. The fourth-order valence-corrected chi connectivity index (χ4v) is 4.37. The summed E-state index contributed by atoms with van der Waals surface area (Å²) in [6.45, 7) is 5.98. The summed E-state index contributed by atoms with van der Waals surface area (Å²) in [6, 6.07) is 5.11. The minimum Gasteiger partial charge on any atom is -0.496 e. The molecule has 1 aliphatic rings. The Kier molecular flexibility index (Phi) is 5.35. The van der Waals surface area contributed by atoms with Crippen molar-refractivity contribution in [1.82, 2.24) is 14.3 Å². The molecule has 3 heterocycles. The third-order valence-electron chi connectivity index (χ3n) is 6.00. The molecule has 4 rings (SSSR count). The number of carbonyl (C=O) groups is 2. The molecule has 2 N–H and O–H groups in total. The van der Waals surface area contributed by atoms with Gasteiger partial charge in [-0.2, -0.15) is 5.10 Å². The maximum atomic E-state index is 12.5. The Balaban J connectivity index is 1.92. The van der Waals surface area contributed by atoms with Crippen LogP contribution in [-0.4, -0.2) is 43.6 Å². The second-order valence-electron chi connectivity index (χ2n) is 9.26. The lowest BCUT2D eigenvalue weighted by Crippen LogP contribution is -2.32. The van der Waals surface area contributed by atoms with Gasteiger partial charge in [0.15, 0.2) is 5.43 Å². The smallest absolute Gasteiger partial charge is 0.341 e. The van der Waals surface area contributed by atoms with Crippen LogP contribution in [0, 0.1) is 5.41 Å². The largest absolute Gasteiger partial charge is 0.496 e. The van der Waals surface area contributed by atoms with Gasteiger partial charge >= 0.3 is 11.9 Å². The van der Waals surface area contributed by atoms with E-state index in [4.69, 9.17) is 9.84 Å². The van der Waals surface area contributed by atoms with Gasteiger partial charge in [-0.25, -0.2) is 4.79 Å². The first-order valence-corrected chi connectivity index (χ1v) is 10.4. The van der Waals surface area contributed by atoms with E-state index in [1.165, 1.54) is 24.1 Å². The lowest BCUT2D eigenvalue weighted by Gasteiger charge is -2.39. The average molecular weight is 451 g/mol. The van der Waals surface area contributed by atoms with E-state index in [1.54, 1.807) is 12.4 Å². The fourth-order valence-electron chi connectivity index (χ4n) is 4.37. The lowest BCUT2D eigenvalue weighted by molar-refractivity contribution is -0.137. The highest BCUT2D eigenvalue weighted by Crippen LogP contribution is 2.45. The Bertz CT molecular complexity index is 1330. The molecule has 9 heteroatoms.